The fourth-order valence-corrected chi connectivity index (χ4v) is 6.01. The number of para-hydroxylation sites is 1. The lowest BCUT2D eigenvalue weighted by Gasteiger charge is -2.02. The molecule has 4 rings (SSSR count). The Kier molecular flexibility index (Phi) is 4.81. The molecule has 0 unspecified atom stereocenters. The van der Waals surface area contributed by atoms with Crippen molar-refractivity contribution in [3.63, 3.8) is 0 Å². The van der Waals surface area contributed by atoms with Crippen LogP contribution in [0.3, 0.4) is 0 Å². The number of rotatable bonds is 6. The van der Waals surface area contributed by atoms with E-state index in [0.29, 0.717) is 29.5 Å². The number of nitrogens with one attached hydrogen (secondary N) is 1. The summed E-state index contributed by atoms with van der Waals surface area (Å²) in [6.07, 6.45) is 1.09. The van der Waals surface area contributed by atoms with Crippen molar-refractivity contribution in [2.75, 3.05) is 17.3 Å². The lowest BCUT2D eigenvalue weighted by atomic mass is 10.1. The second-order valence-corrected chi connectivity index (χ2v) is 9.97. The van der Waals surface area contributed by atoms with Crippen molar-refractivity contribution in [3.8, 4) is 0 Å². The highest BCUT2D eigenvalue weighted by atomic mass is 32.2. The Labute approximate surface area is 160 Å². The molecule has 142 valence electrons. The third kappa shape index (κ3) is 3.93. The first-order chi connectivity index (χ1) is 12.9. The van der Waals surface area contributed by atoms with Crippen molar-refractivity contribution in [3.05, 3.63) is 41.4 Å². The van der Waals surface area contributed by atoms with Gasteiger partial charge in [-0.25, -0.2) is 8.42 Å². The number of aryl methyl sites for hydroxylation is 1. The third-order valence-corrected chi connectivity index (χ3v) is 7.39. The number of aromatic nitrogens is 3. The van der Waals surface area contributed by atoms with E-state index in [1.807, 2.05) is 31.2 Å². The van der Waals surface area contributed by atoms with E-state index in [-0.39, 0.29) is 29.0 Å². The SMILES string of the molecule is Cc1[nH]c2ccccc2c1C(=O)CSc1nnc(C[C@@H]2CCS(=O)(=O)C2)o1. The van der Waals surface area contributed by atoms with Crippen LogP contribution in [-0.4, -0.2) is 46.6 Å². The van der Waals surface area contributed by atoms with Gasteiger partial charge in [0.15, 0.2) is 15.6 Å². The molecule has 1 fully saturated rings. The van der Waals surface area contributed by atoms with Crippen molar-refractivity contribution in [2.45, 2.75) is 25.0 Å². The van der Waals surface area contributed by atoms with Gasteiger partial charge >= 0.3 is 0 Å². The van der Waals surface area contributed by atoms with Crippen LogP contribution in [0.25, 0.3) is 10.9 Å². The molecule has 1 aliphatic heterocycles. The fraction of sp³-hybridized carbons (Fsp3) is 0.389. The van der Waals surface area contributed by atoms with E-state index in [9.17, 15) is 13.2 Å². The molecule has 0 spiro atoms. The van der Waals surface area contributed by atoms with Gasteiger partial charge in [0.25, 0.3) is 5.22 Å². The molecule has 0 radical (unpaired) electrons. The molecular weight excluding hydrogens is 386 g/mol. The first-order valence-electron chi connectivity index (χ1n) is 8.67. The maximum absolute atomic E-state index is 12.7. The van der Waals surface area contributed by atoms with E-state index in [1.165, 1.54) is 11.8 Å². The van der Waals surface area contributed by atoms with Crippen molar-refractivity contribution < 1.29 is 17.6 Å². The lowest BCUT2D eigenvalue weighted by Crippen LogP contribution is -2.07. The maximum Gasteiger partial charge on any atom is 0.277 e. The first-order valence-corrected chi connectivity index (χ1v) is 11.5. The number of Topliss-reactive ketones (excluding diaryl/α,β-unsaturated/α-hetero) is 1. The Morgan fingerprint density at radius 2 is 2.15 bits per heavy atom. The molecule has 3 heterocycles. The van der Waals surface area contributed by atoms with Gasteiger partial charge in [0, 0.05) is 28.6 Å². The number of aromatic amines is 1. The Hall–Kier alpha value is -2.13. The molecule has 0 bridgehead atoms. The standard InChI is InChI=1S/C18H19N3O4S2/c1-11-17(13-4-2-3-5-14(13)19-11)15(22)9-26-18-21-20-16(25-18)8-12-6-7-27(23,24)10-12/h2-5,12,19H,6-10H2,1H3/t12-/m0/s1. The first kappa shape index (κ1) is 18.2. The molecule has 0 aliphatic carbocycles. The molecular formula is C18H19N3O4S2. The number of ketones is 1. The lowest BCUT2D eigenvalue weighted by molar-refractivity contribution is 0.102. The summed E-state index contributed by atoms with van der Waals surface area (Å²) in [5.74, 6) is 1.06. The number of carbonyl (C=O) groups is 1. The number of thioether (sulfide) groups is 1. The van der Waals surface area contributed by atoms with E-state index in [0.717, 1.165) is 16.6 Å². The Morgan fingerprint density at radius 1 is 1.33 bits per heavy atom. The summed E-state index contributed by atoms with van der Waals surface area (Å²) in [5.41, 5.74) is 2.47. The number of nitrogens with zero attached hydrogens (tertiary/aromatic N) is 2. The van der Waals surface area contributed by atoms with Crippen LogP contribution in [0.4, 0.5) is 0 Å². The van der Waals surface area contributed by atoms with E-state index in [2.05, 4.69) is 15.2 Å². The van der Waals surface area contributed by atoms with Crippen LogP contribution >= 0.6 is 11.8 Å². The van der Waals surface area contributed by atoms with Crippen molar-refractivity contribution in [1.29, 1.82) is 0 Å². The summed E-state index contributed by atoms with van der Waals surface area (Å²) in [7, 11) is -2.92. The van der Waals surface area contributed by atoms with Gasteiger partial charge in [0.2, 0.25) is 5.89 Å². The van der Waals surface area contributed by atoms with Crippen molar-refractivity contribution in [2.24, 2.45) is 5.92 Å². The highest BCUT2D eigenvalue weighted by molar-refractivity contribution is 7.99. The number of hydrogen-bond donors (Lipinski definition) is 1. The minimum Gasteiger partial charge on any atom is -0.416 e. The van der Waals surface area contributed by atoms with Crippen LogP contribution in [-0.2, 0) is 16.3 Å². The summed E-state index contributed by atoms with van der Waals surface area (Å²) in [6.45, 7) is 1.89. The topological polar surface area (TPSA) is 106 Å². The highest BCUT2D eigenvalue weighted by Gasteiger charge is 2.29. The van der Waals surface area contributed by atoms with Crippen molar-refractivity contribution >= 4 is 38.3 Å². The van der Waals surface area contributed by atoms with Crippen LogP contribution in [0, 0.1) is 12.8 Å². The molecule has 0 saturated carbocycles. The van der Waals surface area contributed by atoms with E-state index < -0.39 is 9.84 Å². The number of fused-ring (bicyclic) bond motifs is 1. The monoisotopic (exact) mass is 405 g/mol. The molecule has 1 saturated heterocycles. The number of H-pyrrole nitrogens is 1. The zero-order chi connectivity index (χ0) is 19.0. The zero-order valence-corrected chi connectivity index (χ0v) is 16.4. The summed E-state index contributed by atoms with van der Waals surface area (Å²) >= 11 is 1.20. The van der Waals surface area contributed by atoms with E-state index in [4.69, 9.17) is 4.42 Å². The van der Waals surface area contributed by atoms with Gasteiger partial charge in [-0.3, -0.25) is 4.79 Å². The Morgan fingerprint density at radius 3 is 2.93 bits per heavy atom. The molecule has 0 amide bonds. The minimum absolute atomic E-state index is 0.00316. The maximum atomic E-state index is 12.7. The second kappa shape index (κ2) is 7.12. The van der Waals surface area contributed by atoms with E-state index in [1.54, 1.807) is 0 Å². The van der Waals surface area contributed by atoms with Crippen LogP contribution in [0.5, 0.6) is 0 Å². The van der Waals surface area contributed by atoms with Gasteiger partial charge in [-0.15, -0.1) is 10.2 Å². The Bertz CT molecular complexity index is 1100. The van der Waals surface area contributed by atoms with Gasteiger partial charge < -0.3 is 9.40 Å². The van der Waals surface area contributed by atoms with Gasteiger partial charge in [0.05, 0.1) is 17.3 Å². The smallest absolute Gasteiger partial charge is 0.277 e. The normalized spacial score (nSPS) is 18.9. The van der Waals surface area contributed by atoms with Crippen LogP contribution < -0.4 is 0 Å². The fourth-order valence-electron chi connectivity index (χ4n) is 3.49. The highest BCUT2D eigenvalue weighted by Crippen LogP contribution is 2.26. The van der Waals surface area contributed by atoms with Crippen LogP contribution in [0.2, 0.25) is 0 Å². The third-order valence-electron chi connectivity index (χ3n) is 4.74. The largest absolute Gasteiger partial charge is 0.416 e. The molecule has 2 aromatic heterocycles. The van der Waals surface area contributed by atoms with Gasteiger partial charge in [0.1, 0.15) is 0 Å². The predicted octanol–water partition coefficient (Wildman–Crippen LogP) is 2.81. The zero-order valence-electron chi connectivity index (χ0n) is 14.8. The number of sulfone groups is 1. The van der Waals surface area contributed by atoms with Crippen LogP contribution in [0.15, 0.2) is 33.9 Å². The summed E-state index contributed by atoms with van der Waals surface area (Å²) < 4.78 is 28.7. The quantitative estimate of drug-likeness (QED) is 0.496. The number of benzene rings is 1. The number of hydrogen-bond acceptors (Lipinski definition) is 7. The minimum atomic E-state index is -2.92. The second-order valence-electron chi connectivity index (χ2n) is 6.82. The van der Waals surface area contributed by atoms with Gasteiger partial charge in [-0.2, -0.15) is 0 Å². The average molecular weight is 406 g/mol. The van der Waals surface area contributed by atoms with Gasteiger partial charge in [-0.1, -0.05) is 30.0 Å². The summed E-state index contributed by atoms with van der Waals surface area (Å²) in [5, 5.41) is 9.20. The molecule has 1 aromatic carbocycles. The number of carbonyl (C=O) groups excluding carboxylic acids is 1. The Balaban J connectivity index is 1.40. The molecule has 3 aromatic rings. The van der Waals surface area contributed by atoms with Crippen molar-refractivity contribution in [1.82, 2.24) is 15.2 Å². The molecule has 1 aliphatic rings. The predicted molar refractivity (Wildman–Crippen MR) is 103 cm³/mol. The molecule has 7 nitrogen and oxygen atoms in total. The molecule has 27 heavy (non-hydrogen) atoms. The molecule has 1 N–H and O–H groups in total. The summed E-state index contributed by atoms with van der Waals surface area (Å²) in [6, 6.07) is 7.71. The van der Waals surface area contributed by atoms with Gasteiger partial charge in [-0.05, 0) is 25.3 Å². The molecule has 9 heteroatoms. The summed E-state index contributed by atoms with van der Waals surface area (Å²) in [4.78, 5) is 15.9. The van der Waals surface area contributed by atoms with Crippen LogP contribution in [0.1, 0.15) is 28.4 Å². The van der Waals surface area contributed by atoms with E-state index >= 15 is 0 Å². The average Bonchev–Trinajstić information content (AvgIpc) is 3.29. The molecule has 1 atom stereocenters.